The molecule has 0 atom stereocenters. The van der Waals surface area contributed by atoms with Gasteiger partial charge in [-0.1, -0.05) is 23.8 Å². The quantitative estimate of drug-likeness (QED) is 0.216. The number of nitrogens with two attached hydrogens (primary N) is 2. The lowest BCUT2D eigenvalue weighted by Gasteiger charge is -2.17. The molecule has 7 nitrogen and oxygen atoms in total. The third kappa shape index (κ3) is 7.14. The lowest BCUT2D eigenvalue weighted by Crippen LogP contribution is -2.32. The van der Waals surface area contributed by atoms with Gasteiger partial charge in [0.25, 0.3) is 0 Å². The van der Waals surface area contributed by atoms with Crippen LogP contribution < -0.4 is 22.0 Å². The Kier molecular flexibility index (Phi) is 8.10. The van der Waals surface area contributed by atoms with E-state index in [2.05, 4.69) is 10.4 Å². The van der Waals surface area contributed by atoms with E-state index in [0.717, 1.165) is 12.1 Å². The molecule has 0 saturated heterocycles. The minimum absolute atomic E-state index is 0.0815. The third-order valence-electron chi connectivity index (χ3n) is 2.93. The van der Waals surface area contributed by atoms with E-state index in [1.165, 1.54) is 11.3 Å². The van der Waals surface area contributed by atoms with Crippen molar-refractivity contribution in [2.24, 2.45) is 16.8 Å². The molecule has 0 fully saturated rings. The van der Waals surface area contributed by atoms with E-state index in [-0.39, 0.29) is 5.91 Å². The number of hydrogen-bond donors (Lipinski definition) is 3. The summed E-state index contributed by atoms with van der Waals surface area (Å²) in [4.78, 5) is 13.9. The highest BCUT2D eigenvalue weighted by molar-refractivity contribution is 6.30. The maximum absolute atomic E-state index is 11.9. The largest absolute Gasteiger partial charge is 0.352 e. The zero-order chi connectivity index (χ0) is 17.2. The first-order valence-electron chi connectivity index (χ1n) is 7.06. The number of carbonyl (C=O) groups excluding carboxylic acids is 1. The number of likely N-dealkylation sites (N-methyl/N-ethyl adjacent to an activating group) is 1. The normalized spacial score (nSPS) is 11.5. The van der Waals surface area contributed by atoms with Gasteiger partial charge in [0.15, 0.2) is 0 Å². The zero-order valence-corrected chi connectivity index (χ0v) is 14.1. The van der Waals surface area contributed by atoms with Gasteiger partial charge < -0.3 is 16.1 Å². The molecule has 0 aliphatic heterocycles. The number of nitrogens with zero attached hydrogens (tertiary/aromatic N) is 3. The van der Waals surface area contributed by atoms with Crippen molar-refractivity contribution in [3.05, 3.63) is 40.9 Å². The second-order valence-corrected chi connectivity index (χ2v) is 5.60. The number of hydrazine groups is 1. The minimum atomic E-state index is -0.0815. The molecule has 0 radical (unpaired) electrons. The molecular formula is C15H23ClN6O. The summed E-state index contributed by atoms with van der Waals surface area (Å²) in [7, 11) is 3.93. The van der Waals surface area contributed by atoms with Crippen molar-refractivity contribution in [3.63, 3.8) is 0 Å². The first-order valence-corrected chi connectivity index (χ1v) is 7.44. The summed E-state index contributed by atoms with van der Waals surface area (Å²) in [5.41, 5.74) is 1.43. The second kappa shape index (κ2) is 9.83. The number of hydrazone groups is 1. The number of benzene rings is 1. The fourth-order valence-electron chi connectivity index (χ4n) is 1.82. The van der Waals surface area contributed by atoms with Gasteiger partial charge in [-0.05, 0) is 37.9 Å². The number of carbonyl (C=O) groups is 1. The molecule has 1 aromatic rings. The number of hydrogen-bond acceptors (Lipinski definition) is 5. The summed E-state index contributed by atoms with van der Waals surface area (Å²) >= 11 is 6.00. The Morgan fingerprint density at radius 3 is 2.78 bits per heavy atom. The van der Waals surface area contributed by atoms with E-state index in [1.807, 2.05) is 31.1 Å². The van der Waals surface area contributed by atoms with Crippen molar-refractivity contribution in [2.75, 3.05) is 25.6 Å². The van der Waals surface area contributed by atoms with Crippen LogP contribution in [-0.2, 0) is 11.3 Å². The van der Waals surface area contributed by atoms with Crippen LogP contribution in [-0.4, -0.2) is 37.8 Å². The summed E-state index contributed by atoms with van der Waals surface area (Å²) < 4.78 is 0. The molecule has 0 aromatic heterocycles. The standard InChI is InChI=1S/C15H23ClN6O/c1-21(2)8-4-3-5-15(23)19-10-12-9-13(16)6-7-14(12)22(18)11-20-17/h3-4,6-7,9,11H,5,8,10,17-18H2,1-2H3,(H,19,23)/b4-3-,20-11-. The highest BCUT2D eigenvalue weighted by Gasteiger charge is 2.09. The van der Waals surface area contributed by atoms with Gasteiger partial charge in [-0.25, -0.2) is 5.84 Å². The van der Waals surface area contributed by atoms with Crippen LogP contribution in [0, 0.1) is 0 Å². The Labute approximate surface area is 141 Å². The smallest absolute Gasteiger partial charge is 0.224 e. The third-order valence-corrected chi connectivity index (χ3v) is 3.16. The fraction of sp³-hybridized carbons (Fsp3) is 0.333. The SMILES string of the molecule is CN(C)C/C=C\CC(=O)NCc1cc(Cl)ccc1N(N)/C=N\N. The fourth-order valence-corrected chi connectivity index (χ4v) is 2.02. The highest BCUT2D eigenvalue weighted by Crippen LogP contribution is 2.22. The molecule has 1 aromatic carbocycles. The molecule has 0 bridgehead atoms. The second-order valence-electron chi connectivity index (χ2n) is 5.16. The van der Waals surface area contributed by atoms with Gasteiger partial charge in [0.2, 0.25) is 5.91 Å². The van der Waals surface area contributed by atoms with Gasteiger partial charge in [0.05, 0.1) is 5.69 Å². The van der Waals surface area contributed by atoms with Crippen molar-refractivity contribution in [3.8, 4) is 0 Å². The molecule has 0 unspecified atom stereocenters. The lowest BCUT2D eigenvalue weighted by molar-refractivity contribution is -0.120. The Bertz CT molecular complexity index is 573. The first-order chi connectivity index (χ1) is 10.9. The van der Waals surface area contributed by atoms with Crippen molar-refractivity contribution in [1.29, 1.82) is 0 Å². The Hall–Kier alpha value is -2.09. The van der Waals surface area contributed by atoms with Gasteiger partial charge in [-0.15, -0.1) is 0 Å². The van der Waals surface area contributed by atoms with E-state index in [9.17, 15) is 4.79 Å². The van der Waals surface area contributed by atoms with Crippen molar-refractivity contribution < 1.29 is 4.79 Å². The van der Waals surface area contributed by atoms with Crippen molar-refractivity contribution in [2.45, 2.75) is 13.0 Å². The molecule has 0 saturated carbocycles. The molecular weight excluding hydrogens is 316 g/mol. The van der Waals surface area contributed by atoms with Gasteiger partial charge in [-0.3, -0.25) is 9.80 Å². The number of nitrogens with one attached hydrogen (secondary N) is 1. The molecule has 0 aliphatic carbocycles. The predicted octanol–water partition coefficient (Wildman–Crippen LogP) is 1.05. The molecule has 0 spiro atoms. The van der Waals surface area contributed by atoms with Gasteiger partial charge in [0, 0.05) is 24.5 Å². The van der Waals surface area contributed by atoms with E-state index in [0.29, 0.717) is 23.7 Å². The van der Waals surface area contributed by atoms with Gasteiger partial charge in [-0.2, -0.15) is 5.10 Å². The van der Waals surface area contributed by atoms with Crippen molar-refractivity contribution in [1.82, 2.24) is 10.2 Å². The molecule has 5 N–H and O–H groups in total. The highest BCUT2D eigenvalue weighted by atomic mass is 35.5. The summed E-state index contributed by atoms with van der Waals surface area (Å²) in [6.45, 7) is 1.11. The monoisotopic (exact) mass is 338 g/mol. The van der Waals surface area contributed by atoms with Crippen LogP contribution in [0.1, 0.15) is 12.0 Å². The van der Waals surface area contributed by atoms with Crippen molar-refractivity contribution >= 4 is 29.5 Å². The summed E-state index contributed by atoms with van der Waals surface area (Å²) in [6, 6.07) is 5.18. The maximum atomic E-state index is 11.9. The summed E-state index contributed by atoms with van der Waals surface area (Å²) in [5, 5.41) is 8.04. The molecule has 0 aliphatic rings. The predicted molar refractivity (Wildman–Crippen MR) is 95.0 cm³/mol. The van der Waals surface area contributed by atoms with Crippen LogP contribution in [0.25, 0.3) is 0 Å². The topological polar surface area (TPSA) is 100.0 Å². The van der Waals surface area contributed by atoms with Crippen LogP contribution in [0.3, 0.4) is 0 Å². The summed E-state index contributed by atoms with van der Waals surface area (Å²) in [5.74, 6) is 10.8. The molecule has 1 rings (SSSR count). The van der Waals surface area contributed by atoms with E-state index in [1.54, 1.807) is 18.2 Å². The lowest BCUT2D eigenvalue weighted by atomic mass is 10.1. The van der Waals surface area contributed by atoms with Crippen LogP contribution >= 0.6 is 11.6 Å². The molecule has 23 heavy (non-hydrogen) atoms. The minimum Gasteiger partial charge on any atom is -0.352 e. The molecule has 126 valence electrons. The van der Waals surface area contributed by atoms with Crippen LogP contribution in [0.5, 0.6) is 0 Å². The first kappa shape index (κ1) is 19.0. The van der Waals surface area contributed by atoms with E-state index >= 15 is 0 Å². The van der Waals surface area contributed by atoms with Gasteiger partial charge >= 0.3 is 0 Å². The average Bonchev–Trinajstić information content (AvgIpc) is 2.49. The molecule has 1 amide bonds. The number of amides is 1. The van der Waals surface area contributed by atoms with Gasteiger partial charge in [0.1, 0.15) is 6.34 Å². The van der Waals surface area contributed by atoms with Crippen LogP contribution in [0.2, 0.25) is 5.02 Å². The van der Waals surface area contributed by atoms with E-state index < -0.39 is 0 Å². The number of rotatable bonds is 8. The molecule has 0 heterocycles. The average molecular weight is 339 g/mol. The Morgan fingerprint density at radius 1 is 1.39 bits per heavy atom. The van der Waals surface area contributed by atoms with Crippen LogP contribution in [0.4, 0.5) is 5.69 Å². The number of anilines is 1. The van der Waals surface area contributed by atoms with Crippen LogP contribution in [0.15, 0.2) is 35.5 Å². The maximum Gasteiger partial charge on any atom is 0.224 e. The van der Waals surface area contributed by atoms with E-state index in [4.69, 9.17) is 23.3 Å². The number of halogens is 1. The summed E-state index contributed by atoms with van der Waals surface area (Å²) in [6.07, 6.45) is 5.38. The zero-order valence-electron chi connectivity index (χ0n) is 13.4. The Balaban J connectivity index is 2.64. The Morgan fingerprint density at radius 2 is 2.13 bits per heavy atom. The molecule has 8 heteroatoms.